The summed E-state index contributed by atoms with van der Waals surface area (Å²) >= 11 is 3.69. The van der Waals surface area contributed by atoms with Crippen LogP contribution in [0.3, 0.4) is 0 Å². The maximum atomic E-state index is 6.81. The third kappa shape index (κ3) is 6.78. The van der Waals surface area contributed by atoms with Gasteiger partial charge in [0.2, 0.25) is 0 Å². The van der Waals surface area contributed by atoms with E-state index in [1.807, 2.05) is 83.6 Å². The molecule has 0 spiro atoms. The maximum Gasteiger partial charge on any atom is 0.157 e. The molecule has 8 heteroatoms. The molecule has 0 radical (unpaired) electrons. The van der Waals surface area contributed by atoms with Crippen molar-refractivity contribution in [3.8, 4) is 11.1 Å². The topological polar surface area (TPSA) is 89.6 Å². The molecule has 3 aromatic heterocycles. The Kier molecular flexibility index (Phi) is 9.60. The number of nitrogens with zero attached hydrogens (tertiary/aromatic N) is 3. The molecule has 11 rings (SSSR count). The molecule has 7 aromatic carbocycles. The van der Waals surface area contributed by atoms with Crippen LogP contribution in [-0.2, 0) is 13.0 Å². The molecule has 62 heavy (non-hydrogen) atoms. The Bertz CT molecular complexity index is 3510. The second-order valence-corrected chi connectivity index (χ2v) is 18.2. The summed E-state index contributed by atoms with van der Waals surface area (Å²) in [5.41, 5.74) is 23.0. The van der Waals surface area contributed by atoms with Gasteiger partial charge in [0.25, 0.3) is 0 Å². The highest BCUT2D eigenvalue weighted by Gasteiger charge is 2.26. The van der Waals surface area contributed by atoms with Gasteiger partial charge in [-0.15, -0.1) is 22.7 Å². The molecule has 0 aliphatic heterocycles. The van der Waals surface area contributed by atoms with Crippen LogP contribution in [0.2, 0.25) is 0 Å². The van der Waals surface area contributed by atoms with Crippen molar-refractivity contribution < 1.29 is 0 Å². The van der Waals surface area contributed by atoms with E-state index >= 15 is 0 Å². The number of thiophene rings is 2. The fraction of sp³-hybridized carbons (Fsp3) is 0.0556. The van der Waals surface area contributed by atoms with Gasteiger partial charge in [-0.05, 0) is 92.5 Å². The van der Waals surface area contributed by atoms with E-state index in [9.17, 15) is 0 Å². The van der Waals surface area contributed by atoms with Crippen LogP contribution in [0.1, 0.15) is 44.2 Å². The Morgan fingerprint density at radius 3 is 2.29 bits per heavy atom. The summed E-state index contributed by atoms with van der Waals surface area (Å²) in [4.78, 5) is 16.1. The monoisotopic (exact) mass is 833 g/mol. The summed E-state index contributed by atoms with van der Waals surface area (Å²) in [7, 11) is 2.16. The standard InChI is InChI=1S/C54H40BN5S2/c55-39-17-13-34-15-19-43-41(21-23-56)49(61-52(43)48(34)29-39)28-37-16-18-40-45(36-12-11-33-14-20-44-42-22-24-58-31-50(42)62-51(44)47(33)25-36)26-38(27-46(37)40)54(59-30-32-7-3-1-4-8-32)60-53(57)35-9-5-2-6-10-35/h1-27,29,31,37H,28,30,55-56H2,(H2,57,59,60)/b23-21-. The Balaban J connectivity index is 1.11. The molecule has 1 atom stereocenters. The summed E-state index contributed by atoms with van der Waals surface area (Å²) in [5.74, 6) is 1.12. The summed E-state index contributed by atoms with van der Waals surface area (Å²) < 4.78 is 3.76. The fourth-order valence-electron chi connectivity index (χ4n) is 9.02. The average molecular weight is 834 g/mol. The Morgan fingerprint density at radius 1 is 0.726 bits per heavy atom. The van der Waals surface area contributed by atoms with Crippen molar-refractivity contribution in [3.63, 3.8) is 0 Å². The summed E-state index contributed by atoms with van der Waals surface area (Å²) in [6, 6.07) is 49.5. The number of fused-ring (bicyclic) bond motifs is 9. The van der Waals surface area contributed by atoms with Crippen molar-refractivity contribution in [1.82, 2.24) is 4.98 Å². The first kappa shape index (κ1) is 37.8. The van der Waals surface area contributed by atoms with Crippen LogP contribution in [-0.4, -0.2) is 24.5 Å². The van der Waals surface area contributed by atoms with Crippen molar-refractivity contribution in [1.29, 1.82) is 0 Å². The lowest BCUT2D eigenvalue weighted by molar-refractivity contribution is 0.863. The molecule has 3 heterocycles. The Morgan fingerprint density at radius 2 is 1.47 bits per heavy atom. The molecular formula is C54H40BN5S2. The predicted octanol–water partition coefficient (Wildman–Crippen LogP) is 11.5. The van der Waals surface area contributed by atoms with Gasteiger partial charge in [-0.3, -0.25) is 9.98 Å². The number of hydrogen-bond donors (Lipinski definition) is 2. The van der Waals surface area contributed by atoms with Crippen LogP contribution >= 0.6 is 22.7 Å². The van der Waals surface area contributed by atoms with Crippen LogP contribution < -0.4 is 16.9 Å². The minimum Gasteiger partial charge on any atom is -0.405 e. The molecule has 296 valence electrons. The van der Waals surface area contributed by atoms with Gasteiger partial charge in [-0.1, -0.05) is 133 Å². The zero-order chi connectivity index (χ0) is 41.7. The van der Waals surface area contributed by atoms with Gasteiger partial charge in [0.05, 0.1) is 11.2 Å². The molecule has 1 aliphatic rings. The molecule has 0 saturated heterocycles. The number of benzene rings is 7. The quantitative estimate of drug-likeness (QED) is 0.0908. The van der Waals surface area contributed by atoms with E-state index in [2.05, 4.69) is 122 Å². The van der Waals surface area contributed by atoms with E-state index in [0.29, 0.717) is 18.2 Å². The highest BCUT2D eigenvalue weighted by molar-refractivity contribution is 7.26. The molecular weight excluding hydrogens is 794 g/mol. The molecule has 10 aromatic rings. The smallest absolute Gasteiger partial charge is 0.157 e. The largest absolute Gasteiger partial charge is 0.405 e. The van der Waals surface area contributed by atoms with Crippen molar-refractivity contribution >= 4 is 112 Å². The molecule has 0 saturated carbocycles. The lowest BCUT2D eigenvalue weighted by Gasteiger charge is -2.17. The van der Waals surface area contributed by atoms with Crippen molar-refractivity contribution in [2.45, 2.75) is 18.9 Å². The van der Waals surface area contributed by atoms with E-state index in [1.165, 1.54) is 78.8 Å². The minimum absolute atomic E-state index is 0.0998. The zero-order valence-corrected chi connectivity index (χ0v) is 35.7. The molecule has 4 N–H and O–H groups in total. The molecule has 1 aliphatic carbocycles. The lowest BCUT2D eigenvalue weighted by atomic mass is 9.88. The van der Waals surface area contributed by atoms with Gasteiger partial charge in [-0.25, -0.2) is 4.99 Å². The van der Waals surface area contributed by atoms with Gasteiger partial charge in [0, 0.05) is 65.3 Å². The van der Waals surface area contributed by atoms with Crippen LogP contribution in [0.5, 0.6) is 0 Å². The number of aromatic nitrogens is 1. The van der Waals surface area contributed by atoms with Crippen molar-refractivity contribution in [2.24, 2.45) is 21.5 Å². The highest BCUT2D eigenvalue weighted by Crippen LogP contribution is 2.45. The van der Waals surface area contributed by atoms with Gasteiger partial charge < -0.3 is 11.5 Å². The number of aliphatic imine (C=N–C) groups is 2. The first-order valence-electron chi connectivity index (χ1n) is 20.9. The molecule has 1 unspecified atom stereocenters. The second-order valence-electron chi connectivity index (χ2n) is 16.0. The summed E-state index contributed by atoms with van der Waals surface area (Å²) in [6.45, 7) is 0.467. The third-order valence-electron chi connectivity index (χ3n) is 12.1. The number of amidine groups is 2. The molecule has 0 amide bonds. The van der Waals surface area contributed by atoms with Crippen molar-refractivity contribution in [2.75, 3.05) is 0 Å². The van der Waals surface area contributed by atoms with Crippen LogP contribution in [0, 0.1) is 0 Å². The minimum atomic E-state index is 0.0998. The average Bonchev–Trinajstić information content (AvgIpc) is 4.01. The predicted molar refractivity (Wildman–Crippen MR) is 270 cm³/mol. The Labute approximate surface area is 368 Å². The van der Waals surface area contributed by atoms with E-state index in [1.54, 1.807) is 6.20 Å². The molecule has 0 fully saturated rings. The number of rotatable bonds is 8. The van der Waals surface area contributed by atoms with Crippen LogP contribution in [0.15, 0.2) is 174 Å². The van der Waals surface area contributed by atoms with E-state index in [4.69, 9.17) is 21.5 Å². The lowest BCUT2D eigenvalue weighted by Crippen LogP contribution is -2.16. The SMILES string of the molecule is Bc1ccc2ccc3c(/C=C\N)c(CC4C=Cc5c(-c6ccc7ccc8c9ccncc9sc8c7c6)cc(C(/N=C(\N)c6ccccc6)=N/Cc6ccccc6)cc54)sc3c2c1. The van der Waals surface area contributed by atoms with Gasteiger partial charge in [-0.2, -0.15) is 0 Å². The van der Waals surface area contributed by atoms with Crippen LogP contribution in [0.25, 0.3) is 75.1 Å². The second kappa shape index (κ2) is 15.7. The fourth-order valence-corrected chi connectivity index (χ4v) is 11.6. The Hall–Kier alpha value is -7.13. The number of hydrogen-bond acceptors (Lipinski definition) is 5. The first-order chi connectivity index (χ1) is 30.5. The first-order valence-corrected chi connectivity index (χ1v) is 22.5. The van der Waals surface area contributed by atoms with E-state index < -0.39 is 0 Å². The highest BCUT2D eigenvalue weighted by atomic mass is 32.1. The zero-order valence-electron chi connectivity index (χ0n) is 34.0. The third-order valence-corrected chi connectivity index (χ3v) is 14.6. The normalized spacial score (nSPS) is 14.4. The number of allylic oxidation sites excluding steroid dienone is 1. The van der Waals surface area contributed by atoms with Gasteiger partial charge >= 0.3 is 0 Å². The van der Waals surface area contributed by atoms with Crippen LogP contribution in [0.4, 0.5) is 0 Å². The molecule has 0 bridgehead atoms. The van der Waals surface area contributed by atoms with Crippen molar-refractivity contribution in [3.05, 3.63) is 202 Å². The molecule has 5 nitrogen and oxygen atoms in total. The number of pyridine rings is 1. The van der Waals surface area contributed by atoms with E-state index in [-0.39, 0.29) is 5.92 Å². The van der Waals surface area contributed by atoms with E-state index in [0.717, 1.165) is 34.2 Å². The van der Waals surface area contributed by atoms with Gasteiger partial charge in [0.15, 0.2) is 5.84 Å². The summed E-state index contributed by atoms with van der Waals surface area (Å²) in [6.07, 6.45) is 13.1. The van der Waals surface area contributed by atoms with Gasteiger partial charge in [0.1, 0.15) is 13.7 Å². The summed E-state index contributed by atoms with van der Waals surface area (Å²) in [5, 5.41) is 8.70. The number of nitrogens with two attached hydrogens (primary N) is 2. The maximum absolute atomic E-state index is 6.81.